The van der Waals surface area contributed by atoms with Crippen LogP contribution >= 0.6 is 0 Å². The van der Waals surface area contributed by atoms with Crippen LogP contribution in [0.3, 0.4) is 0 Å². The van der Waals surface area contributed by atoms with E-state index in [4.69, 9.17) is 4.74 Å². The van der Waals surface area contributed by atoms with Crippen LogP contribution in [0.5, 0.6) is 0 Å². The number of hydrogen-bond acceptors (Lipinski definition) is 5. The van der Waals surface area contributed by atoms with E-state index in [9.17, 15) is 9.18 Å². The van der Waals surface area contributed by atoms with Gasteiger partial charge in [-0.1, -0.05) is 0 Å². The maximum absolute atomic E-state index is 14.7. The molecule has 4 rings (SSSR count). The monoisotopic (exact) mass is 429 g/mol. The van der Waals surface area contributed by atoms with Gasteiger partial charge in [-0.3, -0.25) is 5.10 Å². The zero-order valence-electron chi connectivity index (χ0n) is 18.2. The molecule has 3 N–H and O–H groups in total. The maximum Gasteiger partial charge on any atom is 0.322 e. The van der Waals surface area contributed by atoms with E-state index in [1.54, 1.807) is 17.2 Å². The number of H-pyrrole nitrogens is 2. The number of halogens is 1. The number of carbonyl (C=O) groups is 1. The van der Waals surface area contributed by atoms with E-state index in [-0.39, 0.29) is 23.9 Å². The van der Waals surface area contributed by atoms with E-state index in [1.807, 2.05) is 32.6 Å². The molecular formula is C21H28FN7O2. The number of rotatable bonds is 5. The van der Waals surface area contributed by atoms with Crippen LogP contribution in [0.1, 0.15) is 27.7 Å². The molecule has 0 bridgehead atoms. The third kappa shape index (κ3) is 4.20. The molecule has 31 heavy (non-hydrogen) atoms. The lowest BCUT2D eigenvalue weighted by atomic mass is 10.2. The summed E-state index contributed by atoms with van der Waals surface area (Å²) in [7, 11) is 0. The van der Waals surface area contributed by atoms with Gasteiger partial charge in [0, 0.05) is 31.2 Å². The van der Waals surface area contributed by atoms with Crippen molar-refractivity contribution in [1.29, 1.82) is 0 Å². The number of nitrogens with zero attached hydrogens (tertiary/aromatic N) is 4. The molecular weight excluding hydrogens is 401 g/mol. The quantitative estimate of drug-likeness (QED) is 0.575. The van der Waals surface area contributed by atoms with Gasteiger partial charge in [-0.25, -0.2) is 14.2 Å². The van der Waals surface area contributed by atoms with Crippen molar-refractivity contribution in [3.8, 4) is 11.5 Å². The minimum absolute atomic E-state index is 0.0446. The van der Waals surface area contributed by atoms with E-state index in [0.717, 1.165) is 0 Å². The highest BCUT2D eigenvalue weighted by Crippen LogP contribution is 2.30. The van der Waals surface area contributed by atoms with Crippen LogP contribution in [-0.2, 0) is 4.74 Å². The number of ether oxygens (including phenoxy) is 1. The number of aromatic nitrogens is 4. The van der Waals surface area contributed by atoms with Gasteiger partial charge < -0.3 is 24.8 Å². The van der Waals surface area contributed by atoms with Crippen LogP contribution < -0.4 is 10.2 Å². The van der Waals surface area contributed by atoms with Crippen molar-refractivity contribution in [3.63, 3.8) is 0 Å². The van der Waals surface area contributed by atoms with Crippen LogP contribution in [0.2, 0.25) is 0 Å². The number of aromatic amines is 2. The molecule has 10 heteroatoms. The Balaban J connectivity index is 1.63. The first-order valence-electron chi connectivity index (χ1n) is 10.5. The summed E-state index contributed by atoms with van der Waals surface area (Å²) in [6, 6.07) is 3.06. The minimum Gasteiger partial charge on any atom is -0.378 e. The summed E-state index contributed by atoms with van der Waals surface area (Å²) >= 11 is 0. The normalized spacial score (nSPS) is 14.6. The molecule has 166 valence electrons. The molecule has 1 aliphatic rings. The van der Waals surface area contributed by atoms with Gasteiger partial charge in [-0.15, -0.1) is 0 Å². The summed E-state index contributed by atoms with van der Waals surface area (Å²) in [5.41, 5.74) is 2.75. The topological polar surface area (TPSA) is 102 Å². The number of carbonyl (C=O) groups excluding carboxylic acids is 1. The number of fused-ring (bicyclic) bond motifs is 1. The molecule has 0 atom stereocenters. The molecule has 1 fully saturated rings. The number of nitrogens with one attached hydrogen (secondary N) is 3. The largest absolute Gasteiger partial charge is 0.378 e. The molecule has 1 aromatic carbocycles. The van der Waals surface area contributed by atoms with Gasteiger partial charge >= 0.3 is 6.03 Å². The molecule has 1 aliphatic heterocycles. The summed E-state index contributed by atoms with van der Waals surface area (Å²) in [6.07, 6.45) is 1.54. The average Bonchev–Trinajstić information content (AvgIpc) is 3.33. The summed E-state index contributed by atoms with van der Waals surface area (Å²) < 4.78 is 20.1. The molecule has 2 aromatic heterocycles. The Morgan fingerprint density at radius 3 is 2.61 bits per heavy atom. The van der Waals surface area contributed by atoms with Crippen LogP contribution in [0.15, 0.2) is 18.3 Å². The lowest BCUT2D eigenvalue weighted by molar-refractivity contribution is 0.122. The summed E-state index contributed by atoms with van der Waals surface area (Å²) in [6.45, 7) is 10.3. The van der Waals surface area contributed by atoms with Crippen LogP contribution in [0.25, 0.3) is 22.6 Å². The standard InChI is InChI=1S/C21H28FN7O2/c1-12(2)29(13(3)4)21(30)26-17-11-23-27-19(17)20-24-15-9-14(22)18(10-16(15)25-20)28-5-7-31-8-6-28/h9-13H,5-8H2,1-4H3,(H,23,27)(H,24,25)(H,26,30). The van der Waals surface area contributed by atoms with Crippen molar-refractivity contribution in [1.82, 2.24) is 25.1 Å². The van der Waals surface area contributed by atoms with Crippen molar-refractivity contribution >= 4 is 28.4 Å². The molecule has 0 aliphatic carbocycles. The van der Waals surface area contributed by atoms with Gasteiger partial charge in [-0.2, -0.15) is 5.10 Å². The van der Waals surface area contributed by atoms with E-state index in [2.05, 4.69) is 25.5 Å². The van der Waals surface area contributed by atoms with E-state index in [0.29, 0.717) is 60.2 Å². The predicted molar refractivity (Wildman–Crippen MR) is 118 cm³/mol. The smallest absolute Gasteiger partial charge is 0.322 e. The number of amides is 2. The first kappa shape index (κ1) is 21.1. The van der Waals surface area contributed by atoms with Crippen molar-refractivity contribution in [2.24, 2.45) is 0 Å². The number of benzene rings is 1. The lowest BCUT2D eigenvalue weighted by Crippen LogP contribution is -2.44. The number of morpholine rings is 1. The maximum atomic E-state index is 14.7. The summed E-state index contributed by atoms with van der Waals surface area (Å²) in [5, 5.41) is 9.85. The van der Waals surface area contributed by atoms with Crippen LogP contribution in [-0.4, -0.2) is 69.5 Å². The Kier molecular flexibility index (Phi) is 5.81. The van der Waals surface area contributed by atoms with E-state index >= 15 is 0 Å². The number of anilines is 2. The van der Waals surface area contributed by atoms with Crippen LogP contribution in [0.4, 0.5) is 20.6 Å². The molecule has 2 amide bonds. The van der Waals surface area contributed by atoms with Crippen molar-refractivity contribution in [3.05, 3.63) is 24.1 Å². The van der Waals surface area contributed by atoms with Crippen molar-refractivity contribution < 1.29 is 13.9 Å². The fraction of sp³-hybridized carbons (Fsp3) is 0.476. The summed E-state index contributed by atoms with van der Waals surface area (Å²) in [5.74, 6) is 0.161. The highest BCUT2D eigenvalue weighted by molar-refractivity contribution is 5.94. The lowest BCUT2D eigenvalue weighted by Gasteiger charge is -2.30. The number of urea groups is 1. The molecule has 0 saturated carbocycles. The van der Waals surface area contributed by atoms with Gasteiger partial charge in [0.1, 0.15) is 11.5 Å². The van der Waals surface area contributed by atoms with Gasteiger partial charge in [0.25, 0.3) is 0 Å². The highest BCUT2D eigenvalue weighted by Gasteiger charge is 2.23. The molecule has 3 aromatic rings. The first-order chi connectivity index (χ1) is 14.8. The van der Waals surface area contributed by atoms with Crippen molar-refractivity contribution in [2.75, 3.05) is 36.5 Å². The Hall–Kier alpha value is -3.14. The number of imidazole rings is 1. The van der Waals surface area contributed by atoms with Crippen molar-refractivity contribution in [2.45, 2.75) is 39.8 Å². The molecule has 3 heterocycles. The zero-order valence-corrected chi connectivity index (χ0v) is 18.2. The highest BCUT2D eigenvalue weighted by atomic mass is 19.1. The Bertz CT molecular complexity index is 1060. The summed E-state index contributed by atoms with van der Waals surface area (Å²) in [4.78, 5) is 24.2. The van der Waals surface area contributed by atoms with Gasteiger partial charge in [0.05, 0.1) is 41.8 Å². The second-order valence-electron chi connectivity index (χ2n) is 8.19. The van der Waals surface area contributed by atoms with Crippen LogP contribution in [0, 0.1) is 5.82 Å². The second-order valence-corrected chi connectivity index (χ2v) is 8.19. The molecule has 0 spiro atoms. The first-order valence-corrected chi connectivity index (χ1v) is 10.5. The third-order valence-corrected chi connectivity index (χ3v) is 5.37. The SMILES string of the molecule is CC(C)N(C(=O)Nc1cn[nH]c1-c1nc2cc(N3CCOCC3)c(F)cc2[nH]1)C(C)C. The average molecular weight is 430 g/mol. The fourth-order valence-electron chi connectivity index (χ4n) is 3.99. The minimum atomic E-state index is -0.313. The predicted octanol–water partition coefficient (Wildman–Crippen LogP) is 3.58. The second kappa shape index (κ2) is 8.54. The van der Waals surface area contributed by atoms with E-state index < -0.39 is 0 Å². The Morgan fingerprint density at radius 2 is 1.94 bits per heavy atom. The van der Waals surface area contributed by atoms with Gasteiger partial charge in [-0.05, 0) is 33.8 Å². The Morgan fingerprint density at radius 1 is 1.23 bits per heavy atom. The Labute approximate surface area is 180 Å². The molecule has 0 unspecified atom stereocenters. The third-order valence-electron chi connectivity index (χ3n) is 5.37. The van der Waals surface area contributed by atoms with E-state index in [1.165, 1.54) is 6.07 Å². The molecule has 1 saturated heterocycles. The number of hydrogen-bond donors (Lipinski definition) is 3. The zero-order chi connectivity index (χ0) is 22.1. The van der Waals surface area contributed by atoms with Gasteiger partial charge in [0.15, 0.2) is 5.82 Å². The molecule has 0 radical (unpaired) electrons. The molecule has 9 nitrogen and oxygen atoms in total. The fourth-order valence-corrected chi connectivity index (χ4v) is 3.99. The van der Waals surface area contributed by atoms with Gasteiger partial charge in [0.2, 0.25) is 0 Å².